The normalized spacial score (nSPS) is 11.1. The highest BCUT2D eigenvalue weighted by Gasteiger charge is 2.29. The van der Waals surface area contributed by atoms with Crippen molar-refractivity contribution in [1.29, 1.82) is 0 Å². The smallest absolute Gasteiger partial charge is 0.267 e. The molecule has 0 saturated heterocycles. The number of hydrogen-bond acceptors (Lipinski definition) is 3. The number of benzene rings is 1. The topological polar surface area (TPSA) is 49.4 Å². The highest BCUT2D eigenvalue weighted by Crippen LogP contribution is 2.17. The molecule has 0 aliphatic carbocycles. The van der Waals surface area contributed by atoms with E-state index in [0.29, 0.717) is 11.1 Å². The summed E-state index contributed by atoms with van der Waals surface area (Å²) >= 11 is 1.44. The van der Waals surface area contributed by atoms with Crippen molar-refractivity contribution in [3.05, 3.63) is 57.8 Å². The largest absolute Gasteiger partial charge is 0.272 e. The first-order chi connectivity index (χ1) is 10.3. The van der Waals surface area contributed by atoms with Gasteiger partial charge in [0.15, 0.2) is 0 Å². The average molecular weight is 316 g/mol. The summed E-state index contributed by atoms with van der Waals surface area (Å²) in [6.45, 7) is 7.58. The molecule has 0 atom stereocenters. The lowest BCUT2D eigenvalue weighted by Gasteiger charge is -2.35. The number of amides is 2. The number of carbonyl (C=O) groups is 2. The molecule has 2 rings (SSSR count). The molecule has 22 heavy (non-hydrogen) atoms. The molecule has 1 aromatic heterocycles. The van der Waals surface area contributed by atoms with Crippen molar-refractivity contribution >= 4 is 23.2 Å². The fourth-order valence-electron chi connectivity index (χ4n) is 1.99. The Bertz CT molecular complexity index is 672. The minimum atomic E-state index is -0.535. The fourth-order valence-corrected chi connectivity index (χ4v) is 2.63. The van der Waals surface area contributed by atoms with Crippen LogP contribution >= 0.6 is 11.3 Å². The van der Waals surface area contributed by atoms with E-state index in [4.69, 9.17) is 0 Å². The maximum Gasteiger partial charge on any atom is 0.272 e. The lowest BCUT2D eigenvalue weighted by atomic mass is 10.1. The fraction of sp³-hybridized carbons (Fsp3) is 0.294. The first kappa shape index (κ1) is 16.2. The molecular formula is C17H20N2O2S. The molecule has 0 bridgehead atoms. The zero-order chi connectivity index (χ0) is 16.3. The van der Waals surface area contributed by atoms with Gasteiger partial charge in [-0.3, -0.25) is 15.0 Å². The molecule has 0 saturated carbocycles. The van der Waals surface area contributed by atoms with E-state index in [1.54, 1.807) is 17.5 Å². The van der Waals surface area contributed by atoms with E-state index in [2.05, 4.69) is 5.43 Å². The molecule has 0 radical (unpaired) electrons. The minimum absolute atomic E-state index is 0.222. The Hall–Kier alpha value is -2.14. The van der Waals surface area contributed by atoms with E-state index in [-0.39, 0.29) is 11.8 Å². The summed E-state index contributed by atoms with van der Waals surface area (Å²) in [6.07, 6.45) is 0. The predicted octanol–water partition coefficient (Wildman–Crippen LogP) is 3.64. The minimum Gasteiger partial charge on any atom is -0.267 e. The van der Waals surface area contributed by atoms with Crippen LogP contribution in [-0.4, -0.2) is 22.4 Å². The third kappa shape index (κ3) is 3.74. The van der Waals surface area contributed by atoms with Gasteiger partial charge in [-0.25, -0.2) is 5.01 Å². The molecule has 0 spiro atoms. The van der Waals surface area contributed by atoms with Crippen molar-refractivity contribution < 1.29 is 9.59 Å². The Kier molecular flexibility index (Phi) is 4.66. The van der Waals surface area contributed by atoms with Crippen LogP contribution in [0.15, 0.2) is 41.1 Å². The van der Waals surface area contributed by atoms with Gasteiger partial charge in [-0.15, -0.1) is 0 Å². The van der Waals surface area contributed by atoms with Gasteiger partial charge in [0.2, 0.25) is 0 Å². The van der Waals surface area contributed by atoms with Gasteiger partial charge in [0.25, 0.3) is 11.8 Å². The van der Waals surface area contributed by atoms with Crippen LogP contribution in [0.3, 0.4) is 0 Å². The number of aryl methyl sites for hydroxylation is 1. The van der Waals surface area contributed by atoms with Crippen molar-refractivity contribution in [3.63, 3.8) is 0 Å². The Labute approximate surface area is 134 Å². The van der Waals surface area contributed by atoms with E-state index in [9.17, 15) is 9.59 Å². The van der Waals surface area contributed by atoms with Gasteiger partial charge < -0.3 is 0 Å². The van der Waals surface area contributed by atoms with Crippen molar-refractivity contribution in [2.75, 3.05) is 0 Å². The van der Waals surface area contributed by atoms with E-state index in [0.717, 1.165) is 5.56 Å². The van der Waals surface area contributed by atoms with Crippen LogP contribution in [0.1, 0.15) is 47.1 Å². The van der Waals surface area contributed by atoms with Gasteiger partial charge in [0.1, 0.15) is 0 Å². The third-order valence-corrected chi connectivity index (χ3v) is 3.82. The molecule has 1 heterocycles. The van der Waals surface area contributed by atoms with Gasteiger partial charge >= 0.3 is 0 Å². The number of nitrogens with zero attached hydrogens (tertiary/aromatic N) is 1. The van der Waals surface area contributed by atoms with Crippen molar-refractivity contribution in [2.24, 2.45) is 0 Å². The molecule has 116 valence electrons. The van der Waals surface area contributed by atoms with Gasteiger partial charge in [0.05, 0.1) is 11.1 Å². The summed E-state index contributed by atoms with van der Waals surface area (Å²) < 4.78 is 0. The van der Waals surface area contributed by atoms with Crippen LogP contribution in [0.25, 0.3) is 0 Å². The number of hydrazine groups is 1. The second-order valence-corrected chi connectivity index (χ2v) is 6.91. The van der Waals surface area contributed by atoms with Crippen LogP contribution in [0, 0.1) is 6.92 Å². The lowest BCUT2D eigenvalue weighted by molar-refractivity contribution is 0.0359. The number of carbonyl (C=O) groups excluding carboxylic acids is 2. The van der Waals surface area contributed by atoms with Crippen LogP contribution in [-0.2, 0) is 0 Å². The third-order valence-electron chi connectivity index (χ3n) is 3.14. The average Bonchev–Trinajstić information content (AvgIpc) is 2.96. The molecular weight excluding hydrogens is 296 g/mol. The molecule has 0 aliphatic heterocycles. The summed E-state index contributed by atoms with van der Waals surface area (Å²) in [4.78, 5) is 25.0. The van der Waals surface area contributed by atoms with E-state index in [1.807, 2.05) is 51.3 Å². The van der Waals surface area contributed by atoms with Crippen LogP contribution < -0.4 is 5.43 Å². The SMILES string of the molecule is Cc1cccc(C(=O)N(NC(=O)c2ccsc2)C(C)(C)C)c1. The zero-order valence-corrected chi connectivity index (χ0v) is 14.0. The number of hydrogen-bond donors (Lipinski definition) is 1. The quantitative estimate of drug-likeness (QED) is 0.860. The highest BCUT2D eigenvalue weighted by molar-refractivity contribution is 7.08. The lowest BCUT2D eigenvalue weighted by Crippen LogP contribution is -2.55. The molecule has 0 aliphatic rings. The Morgan fingerprint density at radius 1 is 1.14 bits per heavy atom. The summed E-state index contributed by atoms with van der Waals surface area (Å²) in [7, 11) is 0. The second-order valence-electron chi connectivity index (χ2n) is 6.13. The molecule has 4 nitrogen and oxygen atoms in total. The van der Waals surface area contributed by atoms with E-state index in [1.165, 1.54) is 16.3 Å². The van der Waals surface area contributed by atoms with Crippen LogP contribution in [0.5, 0.6) is 0 Å². The molecule has 0 unspecified atom stereocenters. The zero-order valence-electron chi connectivity index (χ0n) is 13.2. The monoisotopic (exact) mass is 316 g/mol. The van der Waals surface area contributed by atoms with Crippen molar-refractivity contribution in [1.82, 2.24) is 10.4 Å². The van der Waals surface area contributed by atoms with Gasteiger partial charge in [-0.2, -0.15) is 11.3 Å². The van der Waals surface area contributed by atoms with Crippen LogP contribution in [0.4, 0.5) is 0 Å². The summed E-state index contributed by atoms with van der Waals surface area (Å²) in [6, 6.07) is 9.08. The number of nitrogens with one attached hydrogen (secondary N) is 1. The maximum absolute atomic E-state index is 12.8. The van der Waals surface area contributed by atoms with Crippen molar-refractivity contribution in [2.45, 2.75) is 33.2 Å². The Morgan fingerprint density at radius 3 is 2.41 bits per heavy atom. The van der Waals surface area contributed by atoms with E-state index < -0.39 is 5.54 Å². The summed E-state index contributed by atoms with van der Waals surface area (Å²) in [5.41, 5.74) is 4.31. The summed E-state index contributed by atoms with van der Waals surface area (Å²) in [5.74, 6) is -0.503. The standard InChI is InChI=1S/C17H20N2O2S/c1-12-6-5-7-13(10-12)16(21)19(17(2,3)4)18-15(20)14-8-9-22-11-14/h5-11H,1-4H3,(H,18,20). The maximum atomic E-state index is 12.8. The summed E-state index contributed by atoms with van der Waals surface area (Å²) in [5, 5.41) is 4.98. The molecule has 0 fully saturated rings. The molecule has 5 heteroatoms. The predicted molar refractivity (Wildman–Crippen MR) is 88.9 cm³/mol. The molecule has 1 N–H and O–H groups in total. The Balaban J connectivity index is 2.27. The first-order valence-electron chi connectivity index (χ1n) is 7.03. The molecule has 2 amide bonds. The van der Waals surface area contributed by atoms with Gasteiger partial charge in [0, 0.05) is 10.9 Å². The van der Waals surface area contributed by atoms with Gasteiger partial charge in [-0.05, 0) is 51.3 Å². The Morgan fingerprint density at radius 2 is 1.86 bits per heavy atom. The molecule has 2 aromatic rings. The van der Waals surface area contributed by atoms with Crippen LogP contribution in [0.2, 0.25) is 0 Å². The molecule has 1 aromatic carbocycles. The first-order valence-corrected chi connectivity index (χ1v) is 7.98. The van der Waals surface area contributed by atoms with Crippen molar-refractivity contribution in [3.8, 4) is 0 Å². The number of rotatable bonds is 2. The van der Waals surface area contributed by atoms with Gasteiger partial charge in [-0.1, -0.05) is 17.7 Å². The second kappa shape index (κ2) is 6.32. The highest BCUT2D eigenvalue weighted by atomic mass is 32.1. The number of thiophene rings is 1. The van der Waals surface area contributed by atoms with E-state index >= 15 is 0 Å².